The van der Waals surface area contributed by atoms with Crippen LogP contribution in [-0.2, 0) is 16.1 Å². The maximum Gasteiger partial charge on any atom is 0.263 e. The highest BCUT2D eigenvalue weighted by molar-refractivity contribution is 7.09. The standard InChI is InChI=1S/C21H25F2N3O2S/c1-3-24-28-12-20(27)26-9-7-15(8-10-26)21-25-19(13-29-21)14(2)11-16-17(22)5-4-6-18(16)23/h3-6,13-15H,7-12H2,1-2H3. The molecule has 0 aliphatic carbocycles. The van der Waals surface area contributed by atoms with Crippen LogP contribution in [-0.4, -0.2) is 41.7 Å². The highest BCUT2D eigenvalue weighted by Gasteiger charge is 2.26. The van der Waals surface area contributed by atoms with Gasteiger partial charge in [0.2, 0.25) is 0 Å². The molecule has 1 unspecified atom stereocenters. The minimum absolute atomic E-state index is 0.0411. The highest BCUT2D eigenvalue weighted by Crippen LogP contribution is 2.33. The zero-order valence-corrected chi connectivity index (χ0v) is 17.4. The molecule has 5 nitrogen and oxygen atoms in total. The molecule has 1 amide bonds. The third kappa shape index (κ3) is 5.38. The van der Waals surface area contributed by atoms with Crippen LogP contribution < -0.4 is 0 Å². The molecule has 0 spiro atoms. The number of halogens is 2. The molecule has 3 rings (SSSR count). The molecule has 1 fully saturated rings. The lowest BCUT2D eigenvalue weighted by Crippen LogP contribution is -2.39. The molecule has 2 aromatic rings. The molecule has 1 aliphatic rings. The molecule has 2 heterocycles. The molecule has 1 aromatic carbocycles. The maximum atomic E-state index is 13.9. The third-order valence-electron chi connectivity index (χ3n) is 5.18. The van der Waals surface area contributed by atoms with Crippen molar-refractivity contribution in [3.63, 3.8) is 0 Å². The number of likely N-dealkylation sites (tertiary alicyclic amines) is 1. The highest BCUT2D eigenvalue weighted by atomic mass is 32.1. The van der Waals surface area contributed by atoms with Crippen molar-refractivity contribution in [2.24, 2.45) is 5.16 Å². The van der Waals surface area contributed by atoms with Gasteiger partial charge in [-0.15, -0.1) is 11.3 Å². The first-order chi connectivity index (χ1) is 14.0. The van der Waals surface area contributed by atoms with Crippen molar-refractivity contribution < 1.29 is 18.4 Å². The predicted molar refractivity (Wildman–Crippen MR) is 109 cm³/mol. The van der Waals surface area contributed by atoms with E-state index in [0.29, 0.717) is 19.0 Å². The summed E-state index contributed by atoms with van der Waals surface area (Å²) in [7, 11) is 0. The van der Waals surface area contributed by atoms with Crippen LogP contribution in [0, 0.1) is 11.6 Å². The van der Waals surface area contributed by atoms with Crippen molar-refractivity contribution >= 4 is 23.5 Å². The van der Waals surface area contributed by atoms with Gasteiger partial charge in [0.05, 0.1) is 10.7 Å². The average Bonchev–Trinajstić information content (AvgIpc) is 3.21. The lowest BCUT2D eigenvalue weighted by atomic mass is 9.96. The molecule has 0 N–H and O–H groups in total. The number of thiazole rings is 1. The Morgan fingerprint density at radius 1 is 1.38 bits per heavy atom. The van der Waals surface area contributed by atoms with Crippen molar-refractivity contribution in [2.75, 3.05) is 19.7 Å². The van der Waals surface area contributed by atoms with Crippen LogP contribution in [0.15, 0.2) is 28.7 Å². The zero-order chi connectivity index (χ0) is 20.8. The van der Waals surface area contributed by atoms with E-state index in [2.05, 4.69) is 5.16 Å². The van der Waals surface area contributed by atoms with Crippen LogP contribution in [0.3, 0.4) is 0 Å². The molecule has 1 aromatic heterocycles. The number of amides is 1. The summed E-state index contributed by atoms with van der Waals surface area (Å²) < 4.78 is 27.8. The number of hydrogen-bond donors (Lipinski definition) is 0. The fourth-order valence-electron chi connectivity index (χ4n) is 3.49. The molecule has 1 aliphatic heterocycles. The van der Waals surface area contributed by atoms with Gasteiger partial charge in [0.1, 0.15) is 11.6 Å². The first-order valence-corrected chi connectivity index (χ1v) is 10.6. The maximum absolute atomic E-state index is 13.9. The number of hydrogen-bond acceptors (Lipinski definition) is 5. The fourth-order valence-corrected chi connectivity index (χ4v) is 4.60. The Labute approximate surface area is 173 Å². The lowest BCUT2D eigenvalue weighted by molar-refractivity contribution is -0.137. The van der Waals surface area contributed by atoms with E-state index in [-0.39, 0.29) is 30.4 Å². The summed E-state index contributed by atoms with van der Waals surface area (Å²) in [5.41, 5.74) is 0.966. The van der Waals surface area contributed by atoms with E-state index in [9.17, 15) is 13.6 Å². The van der Waals surface area contributed by atoms with Gasteiger partial charge in [0, 0.05) is 42.1 Å². The summed E-state index contributed by atoms with van der Waals surface area (Å²) in [6.07, 6.45) is 3.45. The van der Waals surface area contributed by atoms with Gasteiger partial charge < -0.3 is 9.74 Å². The van der Waals surface area contributed by atoms with Crippen LogP contribution >= 0.6 is 11.3 Å². The molecule has 1 atom stereocenters. The van der Waals surface area contributed by atoms with E-state index >= 15 is 0 Å². The number of oxime groups is 1. The van der Waals surface area contributed by atoms with E-state index in [1.165, 1.54) is 24.4 Å². The van der Waals surface area contributed by atoms with Crippen molar-refractivity contribution in [1.82, 2.24) is 9.88 Å². The lowest BCUT2D eigenvalue weighted by Gasteiger charge is -2.30. The van der Waals surface area contributed by atoms with Crippen LogP contribution in [0.25, 0.3) is 0 Å². The van der Waals surface area contributed by atoms with Gasteiger partial charge >= 0.3 is 0 Å². The summed E-state index contributed by atoms with van der Waals surface area (Å²) in [6, 6.07) is 3.94. The average molecular weight is 422 g/mol. The second kappa shape index (κ2) is 9.91. The Bertz CT molecular complexity index is 843. The molecule has 29 heavy (non-hydrogen) atoms. The van der Waals surface area contributed by atoms with E-state index in [4.69, 9.17) is 9.82 Å². The summed E-state index contributed by atoms with van der Waals surface area (Å²) in [5, 5.41) is 6.61. The van der Waals surface area contributed by atoms with Gasteiger partial charge in [-0.3, -0.25) is 4.79 Å². The third-order valence-corrected chi connectivity index (χ3v) is 6.21. The number of benzene rings is 1. The monoisotopic (exact) mass is 421 g/mol. The minimum atomic E-state index is -0.516. The van der Waals surface area contributed by atoms with Gasteiger partial charge in [0.15, 0.2) is 6.61 Å². The first-order valence-electron chi connectivity index (χ1n) is 9.75. The largest absolute Gasteiger partial charge is 0.386 e. The Morgan fingerprint density at radius 2 is 2.07 bits per heavy atom. The van der Waals surface area contributed by atoms with Crippen LogP contribution in [0.4, 0.5) is 8.78 Å². The Morgan fingerprint density at radius 3 is 2.72 bits per heavy atom. The van der Waals surface area contributed by atoms with E-state index in [1.54, 1.807) is 23.2 Å². The van der Waals surface area contributed by atoms with Crippen LogP contribution in [0.1, 0.15) is 54.8 Å². The quantitative estimate of drug-likeness (QED) is 0.489. The topological polar surface area (TPSA) is 54.8 Å². The summed E-state index contributed by atoms with van der Waals surface area (Å²) in [5.74, 6) is -0.876. The van der Waals surface area contributed by atoms with Crippen molar-refractivity contribution in [3.8, 4) is 0 Å². The number of aromatic nitrogens is 1. The smallest absolute Gasteiger partial charge is 0.263 e. The normalized spacial score (nSPS) is 16.3. The van der Waals surface area contributed by atoms with Gasteiger partial charge in [-0.2, -0.15) is 0 Å². The molecular formula is C21H25F2N3O2S. The molecule has 0 radical (unpaired) electrons. The van der Waals surface area contributed by atoms with Crippen molar-refractivity contribution in [2.45, 2.75) is 44.9 Å². The Balaban J connectivity index is 1.56. The van der Waals surface area contributed by atoms with Crippen LogP contribution in [0.5, 0.6) is 0 Å². The Kier molecular flexibility index (Phi) is 7.30. The predicted octanol–water partition coefficient (Wildman–Crippen LogP) is 4.50. The number of carbonyl (C=O) groups is 1. The van der Waals surface area contributed by atoms with E-state index in [1.807, 2.05) is 12.3 Å². The molecule has 1 saturated heterocycles. The van der Waals surface area contributed by atoms with E-state index < -0.39 is 11.6 Å². The number of rotatable bonds is 7. The van der Waals surface area contributed by atoms with Crippen molar-refractivity contribution in [1.29, 1.82) is 0 Å². The second-order valence-corrected chi connectivity index (χ2v) is 8.10. The van der Waals surface area contributed by atoms with Crippen molar-refractivity contribution in [3.05, 3.63) is 51.5 Å². The Hall–Kier alpha value is -2.35. The van der Waals surface area contributed by atoms with Gasteiger partial charge in [-0.05, 0) is 38.3 Å². The summed E-state index contributed by atoms with van der Waals surface area (Å²) in [6.45, 7) is 4.94. The summed E-state index contributed by atoms with van der Waals surface area (Å²) in [4.78, 5) is 23.5. The number of nitrogens with zero attached hydrogens (tertiary/aromatic N) is 3. The SMILES string of the molecule is CC=NOCC(=O)N1CCC(c2nc(C(C)Cc3c(F)cccc3F)cs2)CC1. The molecule has 156 valence electrons. The van der Waals surface area contributed by atoms with Crippen LogP contribution in [0.2, 0.25) is 0 Å². The molecule has 0 saturated carbocycles. The summed E-state index contributed by atoms with van der Waals surface area (Å²) >= 11 is 1.58. The fraction of sp³-hybridized carbons (Fsp3) is 0.476. The number of piperidine rings is 1. The van der Waals surface area contributed by atoms with Gasteiger partial charge in [-0.25, -0.2) is 13.8 Å². The molecule has 8 heteroatoms. The second-order valence-electron chi connectivity index (χ2n) is 7.21. The van der Waals surface area contributed by atoms with Gasteiger partial charge in [0.25, 0.3) is 5.91 Å². The number of carbonyl (C=O) groups excluding carboxylic acids is 1. The first kappa shape index (κ1) is 21.4. The minimum Gasteiger partial charge on any atom is -0.386 e. The zero-order valence-electron chi connectivity index (χ0n) is 16.6. The molecular weight excluding hydrogens is 396 g/mol. The van der Waals surface area contributed by atoms with E-state index in [0.717, 1.165) is 23.5 Å². The molecule has 0 bridgehead atoms. The van der Waals surface area contributed by atoms with Gasteiger partial charge in [-0.1, -0.05) is 18.1 Å².